The number of nitrogens with one attached hydrogen (secondary N) is 1. The highest BCUT2D eigenvalue weighted by Gasteiger charge is 2.17. The molecule has 0 spiro atoms. The van der Waals surface area contributed by atoms with E-state index in [-0.39, 0.29) is 28.0 Å². The van der Waals surface area contributed by atoms with E-state index in [9.17, 15) is 19.8 Å². The molecule has 0 saturated carbocycles. The molecule has 2 aromatic carbocycles. The van der Waals surface area contributed by atoms with Gasteiger partial charge in [-0.25, -0.2) is 4.79 Å². The summed E-state index contributed by atoms with van der Waals surface area (Å²) in [7, 11) is 1.47. The fraction of sp³-hybridized carbons (Fsp3) is 0.0588. The summed E-state index contributed by atoms with van der Waals surface area (Å²) in [5.41, 5.74) is -1.04. The van der Waals surface area contributed by atoms with Crippen LogP contribution in [0.15, 0.2) is 51.7 Å². The summed E-state index contributed by atoms with van der Waals surface area (Å²) >= 11 is 0. The summed E-state index contributed by atoms with van der Waals surface area (Å²) in [5, 5.41) is 22.2. The van der Waals surface area contributed by atoms with Crippen LogP contribution in [0.1, 0.15) is 10.4 Å². The summed E-state index contributed by atoms with van der Waals surface area (Å²) in [6, 6.07) is 10.2. The molecule has 1 heterocycles. The monoisotopic (exact) mass is 327 g/mol. The number of aromatic hydroxyl groups is 2. The van der Waals surface area contributed by atoms with Crippen molar-refractivity contribution < 1.29 is 24.2 Å². The number of benzene rings is 2. The predicted octanol–water partition coefficient (Wildman–Crippen LogP) is 2.47. The molecule has 3 aromatic rings. The first-order valence-electron chi connectivity index (χ1n) is 6.94. The van der Waals surface area contributed by atoms with E-state index in [0.29, 0.717) is 5.75 Å². The molecule has 0 fully saturated rings. The molecule has 3 rings (SSSR count). The van der Waals surface area contributed by atoms with Crippen molar-refractivity contribution >= 4 is 22.6 Å². The lowest BCUT2D eigenvalue weighted by molar-refractivity contribution is 0.102. The van der Waals surface area contributed by atoms with Gasteiger partial charge in [-0.05, 0) is 30.3 Å². The Hall–Kier alpha value is -3.48. The van der Waals surface area contributed by atoms with Gasteiger partial charge in [0.05, 0.1) is 12.5 Å². The number of methoxy groups -OCH3 is 1. The van der Waals surface area contributed by atoms with Crippen molar-refractivity contribution in [1.82, 2.24) is 0 Å². The molecule has 1 amide bonds. The maximum Gasteiger partial charge on any atom is 0.364 e. The molecule has 7 heteroatoms. The summed E-state index contributed by atoms with van der Waals surface area (Å²) in [4.78, 5) is 24.3. The minimum atomic E-state index is -0.929. The van der Waals surface area contributed by atoms with Gasteiger partial charge in [-0.15, -0.1) is 0 Å². The van der Waals surface area contributed by atoms with Crippen LogP contribution in [0.4, 0.5) is 5.69 Å². The van der Waals surface area contributed by atoms with E-state index in [1.165, 1.54) is 37.4 Å². The van der Waals surface area contributed by atoms with Gasteiger partial charge in [0.15, 0.2) is 11.4 Å². The van der Waals surface area contributed by atoms with Crippen LogP contribution in [0.25, 0.3) is 11.0 Å². The minimum absolute atomic E-state index is 0.0110. The quantitative estimate of drug-likeness (QED) is 0.638. The van der Waals surface area contributed by atoms with Crippen LogP contribution in [0.3, 0.4) is 0 Å². The molecule has 24 heavy (non-hydrogen) atoms. The second-order valence-electron chi connectivity index (χ2n) is 4.98. The Labute approximate surface area is 135 Å². The zero-order valence-electron chi connectivity index (χ0n) is 12.6. The molecule has 3 N–H and O–H groups in total. The normalized spacial score (nSPS) is 10.5. The zero-order chi connectivity index (χ0) is 17.3. The third-order valence-electron chi connectivity index (χ3n) is 3.43. The number of phenolic OH excluding ortho intramolecular Hbond substituents is 1. The van der Waals surface area contributed by atoms with Gasteiger partial charge in [0, 0.05) is 11.6 Å². The van der Waals surface area contributed by atoms with Crippen LogP contribution in [-0.4, -0.2) is 23.2 Å². The standard InChI is InChI=1S/C17H13NO6/c1-23-11-4-2-3-9(7-11)16(21)18-14-15(20)12-6-5-10(19)8-13(12)24-17(14)22/h2-8,19-20H,1H3,(H,18,21). The third-order valence-corrected chi connectivity index (χ3v) is 3.43. The van der Waals surface area contributed by atoms with Crippen molar-refractivity contribution in [2.75, 3.05) is 12.4 Å². The number of hydrogen-bond acceptors (Lipinski definition) is 6. The Kier molecular flexibility index (Phi) is 3.83. The molecule has 0 atom stereocenters. The number of anilines is 1. The van der Waals surface area contributed by atoms with Gasteiger partial charge < -0.3 is 24.7 Å². The van der Waals surface area contributed by atoms with Gasteiger partial charge in [-0.3, -0.25) is 4.79 Å². The first-order chi connectivity index (χ1) is 11.5. The Morgan fingerprint density at radius 2 is 1.96 bits per heavy atom. The predicted molar refractivity (Wildman–Crippen MR) is 86.8 cm³/mol. The second kappa shape index (κ2) is 5.96. The average molecular weight is 327 g/mol. The molecule has 0 aliphatic rings. The average Bonchev–Trinajstić information content (AvgIpc) is 2.58. The summed E-state index contributed by atoms with van der Waals surface area (Å²) in [5.74, 6) is -0.668. The minimum Gasteiger partial charge on any atom is -0.508 e. The van der Waals surface area contributed by atoms with Gasteiger partial charge in [0.1, 0.15) is 17.1 Å². The number of ether oxygens (including phenoxy) is 1. The van der Waals surface area contributed by atoms with Crippen molar-refractivity contribution in [3.05, 3.63) is 58.4 Å². The molecule has 0 bridgehead atoms. The maximum absolute atomic E-state index is 12.3. The van der Waals surface area contributed by atoms with E-state index >= 15 is 0 Å². The van der Waals surface area contributed by atoms with E-state index in [0.717, 1.165) is 0 Å². The highest BCUT2D eigenvalue weighted by molar-refractivity contribution is 6.06. The van der Waals surface area contributed by atoms with Crippen LogP contribution in [0.5, 0.6) is 17.2 Å². The number of amides is 1. The Morgan fingerprint density at radius 1 is 1.17 bits per heavy atom. The highest BCUT2D eigenvalue weighted by Crippen LogP contribution is 2.31. The first kappa shape index (κ1) is 15.4. The topological polar surface area (TPSA) is 109 Å². The molecule has 0 radical (unpaired) electrons. The van der Waals surface area contributed by atoms with Gasteiger partial charge in [-0.2, -0.15) is 0 Å². The molecule has 0 aliphatic carbocycles. The summed E-state index contributed by atoms with van der Waals surface area (Å²) in [6.07, 6.45) is 0. The van der Waals surface area contributed by atoms with E-state index < -0.39 is 17.3 Å². The molecule has 0 unspecified atom stereocenters. The van der Waals surface area contributed by atoms with Crippen LogP contribution in [-0.2, 0) is 0 Å². The number of fused-ring (bicyclic) bond motifs is 1. The third kappa shape index (κ3) is 2.74. The van der Waals surface area contributed by atoms with Gasteiger partial charge in [0.25, 0.3) is 5.91 Å². The van der Waals surface area contributed by atoms with Crippen molar-refractivity contribution in [1.29, 1.82) is 0 Å². The van der Waals surface area contributed by atoms with Crippen LogP contribution in [0, 0.1) is 0 Å². The highest BCUT2D eigenvalue weighted by atomic mass is 16.5. The molecular formula is C17H13NO6. The van der Waals surface area contributed by atoms with E-state index in [2.05, 4.69) is 5.32 Å². The maximum atomic E-state index is 12.3. The van der Waals surface area contributed by atoms with E-state index in [1.807, 2.05) is 0 Å². The number of hydrogen-bond donors (Lipinski definition) is 3. The molecule has 7 nitrogen and oxygen atoms in total. The molecule has 0 saturated heterocycles. The number of phenols is 1. The van der Waals surface area contributed by atoms with Gasteiger partial charge >= 0.3 is 5.63 Å². The van der Waals surface area contributed by atoms with Crippen LogP contribution in [0.2, 0.25) is 0 Å². The van der Waals surface area contributed by atoms with Crippen molar-refractivity contribution in [2.45, 2.75) is 0 Å². The fourth-order valence-electron chi connectivity index (χ4n) is 2.23. The summed E-state index contributed by atoms with van der Waals surface area (Å²) in [6.45, 7) is 0. The summed E-state index contributed by atoms with van der Waals surface area (Å²) < 4.78 is 10.1. The second-order valence-corrected chi connectivity index (χ2v) is 4.98. The Balaban J connectivity index is 2.02. The van der Waals surface area contributed by atoms with Crippen molar-refractivity contribution in [3.8, 4) is 17.2 Å². The Bertz CT molecular complexity index is 992. The van der Waals surface area contributed by atoms with Crippen molar-refractivity contribution in [2.24, 2.45) is 0 Å². The lowest BCUT2D eigenvalue weighted by atomic mass is 10.1. The zero-order valence-corrected chi connectivity index (χ0v) is 12.6. The first-order valence-corrected chi connectivity index (χ1v) is 6.94. The van der Waals surface area contributed by atoms with Gasteiger partial charge in [-0.1, -0.05) is 6.07 Å². The molecule has 0 aliphatic heterocycles. The SMILES string of the molecule is COc1cccc(C(=O)Nc2c(O)c3ccc(O)cc3oc2=O)c1. The lowest BCUT2D eigenvalue weighted by Gasteiger charge is -2.09. The fourth-order valence-corrected chi connectivity index (χ4v) is 2.23. The molecule has 122 valence electrons. The Morgan fingerprint density at radius 3 is 2.71 bits per heavy atom. The van der Waals surface area contributed by atoms with Crippen LogP contribution < -0.4 is 15.7 Å². The van der Waals surface area contributed by atoms with Crippen molar-refractivity contribution in [3.63, 3.8) is 0 Å². The number of carbonyl (C=O) groups is 1. The number of rotatable bonds is 3. The largest absolute Gasteiger partial charge is 0.508 e. The number of carbonyl (C=O) groups excluding carboxylic acids is 1. The molecular weight excluding hydrogens is 314 g/mol. The van der Waals surface area contributed by atoms with E-state index in [4.69, 9.17) is 9.15 Å². The van der Waals surface area contributed by atoms with Gasteiger partial charge in [0.2, 0.25) is 0 Å². The van der Waals surface area contributed by atoms with E-state index in [1.54, 1.807) is 12.1 Å². The van der Waals surface area contributed by atoms with Crippen LogP contribution >= 0.6 is 0 Å². The lowest BCUT2D eigenvalue weighted by Crippen LogP contribution is -2.18. The smallest absolute Gasteiger partial charge is 0.364 e. The molecule has 1 aromatic heterocycles.